The second-order valence-corrected chi connectivity index (χ2v) is 5.05. The molecule has 0 aromatic heterocycles. The number of carbonyl (C=O) groups is 2. The van der Waals surface area contributed by atoms with Gasteiger partial charge in [0.25, 0.3) is 5.91 Å². The third kappa shape index (κ3) is 4.57. The average Bonchev–Trinajstić information content (AvgIpc) is 2.38. The van der Waals surface area contributed by atoms with Crippen LogP contribution in [0.2, 0.25) is 0 Å². The Kier molecular flexibility index (Phi) is 5.55. The lowest BCUT2D eigenvalue weighted by molar-refractivity contribution is -0.142. The van der Waals surface area contributed by atoms with Crippen LogP contribution in [0.5, 0.6) is 5.75 Å². The molecule has 1 aromatic carbocycles. The molecule has 1 amide bonds. The van der Waals surface area contributed by atoms with E-state index in [1.165, 1.54) is 12.5 Å². The molecule has 2 N–H and O–H groups in total. The van der Waals surface area contributed by atoms with Gasteiger partial charge >= 0.3 is 5.97 Å². The van der Waals surface area contributed by atoms with Gasteiger partial charge in [0.15, 0.2) is 6.10 Å². The third-order valence-electron chi connectivity index (χ3n) is 2.96. The monoisotopic (exact) mass is 279 g/mol. The SMILES string of the molecule is CC(NC(=O)C(C)Oc1ccc(C(C)C)cc1)C(=O)O. The molecule has 0 heterocycles. The molecule has 0 saturated heterocycles. The molecule has 0 aliphatic heterocycles. The van der Waals surface area contributed by atoms with Gasteiger partial charge in [-0.15, -0.1) is 0 Å². The molecule has 0 radical (unpaired) electrons. The first kappa shape index (κ1) is 16.0. The van der Waals surface area contributed by atoms with Crippen LogP contribution >= 0.6 is 0 Å². The van der Waals surface area contributed by atoms with Crippen molar-refractivity contribution >= 4 is 11.9 Å². The molecule has 110 valence electrons. The van der Waals surface area contributed by atoms with Crippen molar-refractivity contribution < 1.29 is 19.4 Å². The molecule has 0 aliphatic rings. The molecule has 0 bridgehead atoms. The van der Waals surface area contributed by atoms with E-state index in [1.807, 2.05) is 12.1 Å². The maximum absolute atomic E-state index is 11.7. The van der Waals surface area contributed by atoms with Crippen molar-refractivity contribution in [3.8, 4) is 5.75 Å². The lowest BCUT2D eigenvalue weighted by atomic mass is 10.0. The summed E-state index contributed by atoms with van der Waals surface area (Å²) in [6, 6.07) is 6.57. The molecule has 5 nitrogen and oxygen atoms in total. The zero-order chi connectivity index (χ0) is 15.3. The first-order valence-electron chi connectivity index (χ1n) is 6.61. The molecule has 0 spiro atoms. The lowest BCUT2D eigenvalue weighted by Gasteiger charge is -2.17. The second kappa shape index (κ2) is 6.93. The summed E-state index contributed by atoms with van der Waals surface area (Å²) in [5.74, 6) is -0.513. The molecular weight excluding hydrogens is 258 g/mol. The number of rotatable bonds is 6. The molecule has 0 fully saturated rings. The maximum atomic E-state index is 11.7. The van der Waals surface area contributed by atoms with Crippen molar-refractivity contribution in [2.75, 3.05) is 0 Å². The number of benzene rings is 1. The Hall–Kier alpha value is -2.04. The molecule has 2 unspecified atom stereocenters. The zero-order valence-corrected chi connectivity index (χ0v) is 12.2. The highest BCUT2D eigenvalue weighted by Gasteiger charge is 2.20. The Balaban J connectivity index is 2.59. The smallest absolute Gasteiger partial charge is 0.325 e. The Morgan fingerprint density at radius 2 is 1.65 bits per heavy atom. The number of carboxylic acids is 1. The highest BCUT2D eigenvalue weighted by molar-refractivity contribution is 5.86. The van der Waals surface area contributed by atoms with E-state index in [-0.39, 0.29) is 0 Å². The van der Waals surface area contributed by atoms with E-state index < -0.39 is 24.0 Å². The van der Waals surface area contributed by atoms with Gasteiger partial charge in [-0.3, -0.25) is 9.59 Å². The number of carbonyl (C=O) groups excluding carboxylic acids is 1. The van der Waals surface area contributed by atoms with Gasteiger partial charge in [0.1, 0.15) is 11.8 Å². The van der Waals surface area contributed by atoms with E-state index in [1.54, 1.807) is 19.1 Å². The average molecular weight is 279 g/mol. The fourth-order valence-electron chi connectivity index (χ4n) is 1.58. The van der Waals surface area contributed by atoms with Gasteiger partial charge in [-0.2, -0.15) is 0 Å². The van der Waals surface area contributed by atoms with E-state index in [9.17, 15) is 9.59 Å². The summed E-state index contributed by atoms with van der Waals surface area (Å²) in [5, 5.41) is 11.1. The molecule has 20 heavy (non-hydrogen) atoms. The molecular formula is C15H21NO4. The normalized spacial score (nSPS) is 13.7. The van der Waals surface area contributed by atoms with Gasteiger partial charge in [-0.25, -0.2) is 0 Å². The number of carboxylic acid groups (broad SMARTS) is 1. The second-order valence-electron chi connectivity index (χ2n) is 5.05. The maximum Gasteiger partial charge on any atom is 0.325 e. The quantitative estimate of drug-likeness (QED) is 0.836. The van der Waals surface area contributed by atoms with Crippen LogP contribution in [-0.2, 0) is 9.59 Å². The van der Waals surface area contributed by atoms with Crippen LogP contribution < -0.4 is 10.1 Å². The molecule has 1 rings (SSSR count). The van der Waals surface area contributed by atoms with E-state index >= 15 is 0 Å². The molecule has 1 aromatic rings. The van der Waals surface area contributed by atoms with Crippen LogP contribution in [0.1, 0.15) is 39.2 Å². The first-order valence-corrected chi connectivity index (χ1v) is 6.61. The number of nitrogens with one attached hydrogen (secondary N) is 1. The summed E-state index contributed by atoms with van der Waals surface area (Å²) in [6.45, 7) is 7.18. The van der Waals surface area contributed by atoms with Gasteiger partial charge in [-0.05, 0) is 37.5 Å². The molecule has 0 saturated carbocycles. The predicted octanol–water partition coefficient (Wildman–Crippen LogP) is 2.17. The first-order chi connectivity index (χ1) is 9.31. The Morgan fingerprint density at radius 3 is 2.10 bits per heavy atom. The van der Waals surface area contributed by atoms with Crippen LogP contribution in [-0.4, -0.2) is 29.1 Å². The van der Waals surface area contributed by atoms with Crippen molar-refractivity contribution in [3.63, 3.8) is 0 Å². The van der Waals surface area contributed by atoms with Gasteiger partial charge in [0.05, 0.1) is 0 Å². The van der Waals surface area contributed by atoms with Crippen molar-refractivity contribution in [2.45, 2.75) is 45.8 Å². The van der Waals surface area contributed by atoms with Gasteiger partial charge in [0, 0.05) is 0 Å². The van der Waals surface area contributed by atoms with E-state index in [0.717, 1.165) is 0 Å². The molecule has 5 heteroatoms. The molecule has 0 aliphatic carbocycles. The van der Waals surface area contributed by atoms with Gasteiger partial charge in [-0.1, -0.05) is 26.0 Å². The largest absolute Gasteiger partial charge is 0.481 e. The lowest BCUT2D eigenvalue weighted by Crippen LogP contribution is -2.44. The van der Waals surface area contributed by atoms with Gasteiger partial charge in [0.2, 0.25) is 0 Å². The highest BCUT2D eigenvalue weighted by Crippen LogP contribution is 2.19. The zero-order valence-electron chi connectivity index (χ0n) is 12.2. The van der Waals surface area contributed by atoms with Crippen LogP contribution in [0.25, 0.3) is 0 Å². The van der Waals surface area contributed by atoms with Crippen molar-refractivity contribution in [1.82, 2.24) is 5.32 Å². The summed E-state index contributed by atoms with van der Waals surface area (Å²) in [7, 11) is 0. The summed E-state index contributed by atoms with van der Waals surface area (Å²) >= 11 is 0. The van der Waals surface area contributed by atoms with Gasteiger partial charge < -0.3 is 15.2 Å². The van der Waals surface area contributed by atoms with Crippen molar-refractivity contribution in [2.24, 2.45) is 0 Å². The summed E-state index contributed by atoms with van der Waals surface area (Å²) in [4.78, 5) is 22.4. The summed E-state index contributed by atoms with van der Waals surface area (Å²) in [5.41, 5.74) is 1.19. The minimum Gasteiger partial charge on any atom is -0.481 e. The van der Waals surface area contributed by atoms with Crippen LogP contribution in [0.15, 0.2) is 24.3 Å². The fourth-order valence-corrected chi connectivity index (χ4v) is 1.58. The summed E-state index contributed by atoms with van der Waals surface area (Å²) < 4.78 is 5.49. The van der Waals surface area contributed by atoms with Crippen LogP contribution in [0.4, 0.5) is 0 Å². The Labute approximate surface area is 118 Å². The van der Waals surface area contributed by atoms with E-state index in [2.05, 4.69) is 19.2 Å². The van der Waals surface area contributed by atoms with E-state index in [0.29, 0.717) is 11.7 Å². The van der Waals surface area contributed by atoms with Crippen LogP contribution in [0.3, 0.4) is 0 Å². The highest BCUT2D eigenvalue weighted by atomic mass is 16.5. The van der Waals surface area contributed by atoms with E-state index in [4.69, 9.17) is 9.84 Å². The predicted molar refractivity (Wildman–Crippen MR) is 75.9 cm³/mol. The summed E-state index contributed by atoms with van der Waals surface area (Å²) in [6.07, 6.45) is -0.748. The minimum absolute atomic E-state index is 0.432. The number of hydrogen-bond donors (Lipinski definition) is 2. The molecule has 2 atom stereocenters. The number of aliphatic carboxylic acids is 1. The number of amides is 1. The minimum atomic E-state index is -1.08. The number of ether oxygens (including phenoxy) is 1. The Bertz CT molecular complexity index is 467. The number of hydrogen-bond acceptors (Lipinski definition) is 3. The van der Waals surface area contributed by atoms with Crippen LogP contribution in [0, 0.1) is 0 Å². The third-order valence-corrected chi connectivity index (χ3v) is 2.96. The van der Waals surface area contributed by atoms with Crippen molar-refractivity contribution in [1.29, 1.82) is 0 Å². The topological polar surface area (TPSA) is 75.6 Å². The fraction of sp³-hybridized carbons (Fsp3) is 0.467. The van der Waals surface area contributed by atoms with Crippen molar-refractivity contribution in [3.05, 3.63) is 29.8 Å². The standard InChI is InChI=1S/C15H21NO4/c1-9(2)12-5-7-13(8-6-12)20-11(4)14(17)16-10(3)15(18)19/h5-11H,1-4H3,(H,16,17)(H,18,19). The Morgan fingerprint density at radius 1 is 1.10 bits per heavy atom.